The molecule has 4 nitrogen and oxygen atoms in total. The van der Waals surface area contributed by atoms with E-state index in [4.69, 9.17) is 5.73 Å². The molecule has 82 valence electrons. The van der Waals surface area contributed by atoms with Gasteiger partial charge in [0.05, 0.1) is 0 Å². The molecule has 0 bridgehead atoms. The van der Waals surface area contributed by atoms with Crippen molar-refractivity contribution in [1.29, 1.82) is 0 Å². The van der Waals surface area contributed by atoms with Crippen molar-refractivity contribution in [1.82, 2.24) is 9.97 Å². The number of nitrogen functional groups attached to an aromatic ring is 1. The minimum atomic E-state index is 0.486. The Morgan fingerprint density at radius 2 is 2.20 bits per heavy atom. The van der Waals surface area contributed by atoms with Gasteiger partial charge in [0.2, 0.25) is 0 Å². The predicted molar refractivity (Wildman–Crippen MR) is 61.4 cm³/mol. The molecule has 4 heteroatoms. The van der Waals surface area contributed by atoms with Crippen molar-refractivity contribution in [2.45, 2.75) is 26.7 Å². The summed E-state index contributed by atoms with van der Waals surface area (Å²) in [4.78, 5) is 7.99. The molecule has 0 radical (unpaired) electrons. The van der Waals surface area contributed by atoms with Crippen LogP contribution in [0.25, 0.3) is 0 Å². The zero-order valence-corrected chi connectivity index (χ0v) is 9.33. The lowest BCUT2D eigenvalue weighted by atomic mass is 9.92. The Hall–Kier alpha value is -1.32. The lowest BCUT2D eigenvalue weighted by Crippen LogP contribution is -2.21. The number of hydrogen-bond donors (Lipinski definition) is 2. The van der Waals surface area contributed by atoms with Crippen LogP contribution in [-0.2, 0) is 0 Å². The van der Waals surface area contributed by atoms with Gasteiger partial charge in [-0.2, -0.15) is 0 Å². The summed E-state index contributed by atoms with van der Waals surface area (Å²) in [6.07, 6.45) is 4.13. The van der Waals surface area contributed by atoms with Crippen molar-refractivity contribution in [3.05, 3.63) is 12.4 Å². The van der Waals surface area contributed by atoms with E-state index in [1.165, 1.54) is 19.2 Å². The molecule has 0 aliphatic heterocycles. The van der Waals surface area contributed by atoms with E-state index >= 15 is 0 Å². The number of nitrogens with one attached hydrogen (secondary N) is 1. The fourth-order valence-electron chi connectivity index (χ4n) is 1.85. The Labute approximate surface area is 90.3 Å². The second-order valence-electron chi connectivity index (χ2n) is 4.70. The molecule has 0 aromatic carbocycles. The summed E-state index contributed by atoms with van der Waals surface area (Å²) < 4.78 is 0. The lowest BCUT2D eigenvalue weighted by Gasteiger charge is -2.20. The smallest absolute Gasteiger partial charge is 0.131 e. The maximum absolute atomic E-state index is 5.58. The number of aromatic nitrogens is 2. The van der Waals surface area contributed by atoms with Crippen molar-refractivity contribution in [3.63, 3.8) is 0 Å². The fraction of sp³-hybridized carbons (Fsp3) is 0.636. The van der Waals surface area contributed by atoms with Crippen LogP contribution in [0.3, 0.4) is 0 Å². The molecule has 3 N–H and O–H groups in total. The van der Waals surface area contributed by atoms with E-state index in [2.05, 4.69) is 29.1 Å². The molecule has 1 fully saturated rings. The summed E-state index contributed by atoms with van der Waals surface area (Å²) in [5.74, 6) is 2.07. The van der Waals surface area contributed by atoms with Gasteiger partial charge in [-0.05, 0) is 24.2 Å². The van der Waals surface area contributed by atoms with E-state index < -0.39 is 0 Å². The Morgan fingerprint density at radius 1 is 1.47 bits per heavy atom. The Balaban J connectivity index is 1.94. The SMILES string of the molecule is CC(C)C1(CNc2cc(N)ncn2)CC1. The van der Waals surface area contributed by atoms with Crippen LogP contribution in [0, 0.1) is 11.3 Å². The van der Waals surface area contributed by atoms with Gasteiger partial charge >= 0.3 is 0 Å². The third-order valence-electron chi connectivity index (χ3n) is 3.43. The average Bonchev–Trinajstić information content (AvgIpc) is 2.96. The Bertz CT molecular complexity index is 344. The lowest BCUT2D eigenvalue weighted by molar-refractivity contribution is 0.380. The maximum Gasteiger partial charge on any atom is 0.131 e. The van der Waals surface area contributed by atoms with Crippen LogP contribution >= 0.6 is 0 Å². The first-order chi connectivity index (χ1) is 7.12. The van der Waals surface area contributed by atoms with E-state index in [9.17, 15) is 0 Å². The third-order valence-corrected chi connectivity index (χ3v) is 3.43. The van der Waals surface area contributed by atoms with Crippen LogP contribution in [0.5, 0.6) is 0 Å². The average molecular weight is 206 g/mol. The molecule has 15 heavy (non-hydrogen) atoms. The van der Waals surface area contributed by atoms with Crippen molar-refractivity contribution in [2.75, 3.05) is 17.6 Å². The monoisotopic (exact) mass is 206 g/mol. The van der Waals surface area contributed by atoms with E-state index in [1.54, 1.807) is 6.07 Å². The zero-order valence-electron chi connectivity index (χ0n) is 9.33. The van der Waals surface area contributed by atoms with Gasteiger partial charge in [0, 0.05) is 12.6 Å². The molecule has 1 aliphatic rings. The van der Waals surface area contributed by atoms with Gasteiger partial charge in [-0.15, -0.1) is 0 Å². The summed E-state index contributed by atoms with van der Waals surface area (Å²) in [6, 6.07) is 1.77. The van der Waals surface area contributed by atoms with Crippen LogP contribution in [0.1, 0.15) is 26.7 Å². The number of nitrogens with zero attached hydrogens (tertiary/aromatic N) is 2. The largest absolute Gasteiger partial charge is 0.384 e. The van der Waals surface area contributed by atoms with Gasteiger partial charge in [-0.1, -0.05) is 13.8 Å². The summed E-state index contributed by atoms with van der Waals surface area (Å²) >= 11 is 0. The first-order valence-electron chi connectivity index (χ1n) is 5.44. The van der Waals surface area contributed by atoms with Gasteiger partial charge in [0.15, 0.2) is 0 Å². The normalized spacial score (nSPS) is 17.8. The van der Waals surface area contributed by atoms with Crippen LogP contribution in [0.2, 0.25) is 0 Å². The summed E-state index contributed by atoms with van der Waals surface area (Å²) in [5, 5.41) is 3.34. The third kappa shape index (κ3) is 2.19. The second kappa shape index (κ2) is 3.68. The summed E-state index contributed by atoms with van der Waals surface area (Å²) in [6.45, 7) is 5.55. The van der Waals surface area contributed by atoms with Crippen LogP contribution in [0.4, 0.5) is 11.6 Å². The fourth-order valence-corrected chi connectivity index (χ4v) is 1.85. The molecular weight excluding hydrogens is 188 g/mol. The molecule has 0 atom stereocenters. The van der Waals surface area contributed by atoms with Crippen molar-refractivity contribution >= 4 is 11.6 Å². The molecule has 1 aromatic rings. The number of anilines is 2. The van der Waals surface area contributed by atoms with Gasteiger partial charge in [-0.25, -0.2) is 9.97 Å². The van der Waals surface area contributed by atoms with Crippen LogP contribution < -0.4 is 11.1 Å². The highest BCUT2D eigenvalue weighted by Gasteiger charge is 2.44. The predicted octanol–water partition coefficient (Wildman–Crippen LogP) is 1.91. The molecule has 0 spiro atoms. The molecular formula is C11H18N4. The van der Waals surface area contributed by atoms with E-state index in [0.717, 1.165) is 18.3 Å². The molecule has 0 unspecified atom stereocenters. The zero-order chi connectivity index (χ0) is 10.9. The van der Waals surface area contributed by atoms with Gasteiger partial charge in [-0.3, -0.25) is 0 Å². The quantitative estimate of drug-likeness (QED) is 0.789. The summed E-state index contributed by atoms with van der Waals surface area (Å²) in [5.41, 5.74) is 6.07. The van der Waals surface area contributed by atoms with Crippen molar-refractivity contribution < 1.29 is 0 Å². The first kappa shape index (κ1) is 10.2. The molecule has 1 aliphatic carbocycles. The minimum Gasteiger partial charge on any atom is -0.384 e. The van der Waals surface area contributed by atoms with E-state index in [0.29, 0.717) is 11.2 Å². The maximum atomic E-state index is 5.58. The van der Waals surface area contributed by atoms with Crippen molar-refractivity contribution in [2.24, 2.45) is 11.3 Å². The summed E-state index contributed by atoms with van der Waals surface area (Å²) in [7, 11) is 0. The molecule has 1 aromatic heterocycles. The molecule has 1 saturated carbocycles. The number of rotatable bonds is 4. The highest BCUT2D eigenvalue weighted by Crippen LogP contribution is 2.51. The van der Waals surface area contributed by atoms with E-state index in [-0.39, 0.29) is 0 Å². The Morgan fingerprint density at radius 3 is 2.73 bits per heavy atom. The first-order valence-corrected chi connectivity index (χ1v) is 5.44. The molecule has 2 rings (SSSR count). The highest BCUT2D eigenvalue weighted by molar-refractivity contribution is 5.43. The number of nitrogens with two attached hydrogens (primary N) is 1. The minimum absolute atomic E-state index is 0.486. The molecule has 0 amide bonds. The highest BCUT2D eigenvalue weighted by atomic mass is 15.0. The van der Waals surface area contributed by atoms with E-state index in [1.807, 2.05) is 0 Å². The molecule has 0 saturated heterocycles. The van der Waals surface area contributed by atoms with Gasteiger partial charge in [0.25, 0.3) is 0 Å². The van der Waals surface area contributed by atoms with Crippen LogP contribution in [-0.4, -0.2) is 16.5 Å². The number of hydrogen-bond acceptors (Lipinski definition) is 4. The molecule has 1 heterocycles. The Kier molecular flexibility index (Phi) is 2.50. The standard InChI is InChI=1S/C11H18N4/c1-8(2)11(3-4-11)6-13-10-5-9(12)14-7-15-10/h5,7-8H,3-4,6H2,1-2H3,(H3,12,13,14,15). The second-order valence-corrected chi connectivity index (χ2v) is 4.70. The van der Waals surface area contributed by atoms with Gasteiger partial charge in [0.1, 0.15) is 18.0 Å². The topological polar surface area (TPSA) is 63.8 Å². The van der Waals surface area contributed by atoms with Crippen LogP contribution in [0.15, 0.2) is 12.4 Å². The van der Waals surface area contributed by atoms with Gasteiger partial charge < -0.3 is 11.1 Å². The van der Waals surface area contributed by atoms with Crippen molar-refractivity contribution in [3.8, 4) is 0 Å².